The summed E-state index contributed by atoms with van der Waals surface area (Å²) in [6.07, 6.45) is 4.68. The molecule has 0 bridgehead atoms. The number of rotatable bonds is 8. The van der Waals surface area contributed by atoms with Crippen molar-refractivity contribution in [3.63, 3.8) is 0 Å². The summed E-state index contributed by atoms with van der Waals surface area (Å²) in [4.78, 5) is -0.444. The first-order valence-corrected chi connectivity index (χ1v) is 9.93. The SMILES string of the molecule is CCCCCCc1cc(N=Nc2cc(S(=O)(=O)O)ccc2O)c(O)cc1O. The maximum absolute atomic E-state index is 11.2. The molecule has 2 rings (SSSR count). The number of hydrogen-bond donors (Lipinski definition) is 4. The second-order valence-corrected chi connectivity index (χ2v) is 7.53. The van der Waals surface area contributed by atoms with Crippen LogP contribution in [0.2, 0.25) is 0 Å². The van der Waals surface area contributed by atoms with Gasteiger partial charge >= 0.3 is 0 Å². The Balaban J connectivity index is 2.28. The summed E-state index contributed by atoms with van der Waals surface area (Å²) in [5.74, 6) is -0.692. The quantitative estimate of drug-likeness (QED) is 0.293. The van der Waals surface area contributed by atoms with Crippen molar-refractivity contribution in [2.45, 2.75) is 43.9 Å². The third kappa shape index (κ3) is 5.66. The number of azo groups is 1. The van der Waals surface area contributed by atoms with Crippen molar-refractivity contribution in [2.24, 2.45) is 10.2 Å². The monoisotopic (exact) mass is 394 g/mol. The number of unbranched alkanes of at least 4 members (excludes halogenated alkanes) is 3. The minimum absolute atomic E-state index is 0.0424. The van der Waals surface area contributed by atoms with Crippen LogP contribution in [0.25, 0.3) is 0 Å². The van der Waals surface area contributed by atoms with E-state index in [1.807, 2.05) is 0 Å². The van der Waals surface area contributed by atoms with Gasteiger partial charge in [0.25, 0.3) is 10.1 Å². The fourth-order valence-corrected chi connectivity index (χ4v) is 2.98. The number of hydrogen-bond acceptors (Lipinski definition) is 7. The van der Waals surface area contributed by atoms with Crippen molar-refractivity contribution in [3.8, 4) is 17.2 Å². The molecule has 0 heterocycles. The third-order valence-electron chi connectivity index (χ3n) is 3.99. The molecule has 0 aliphatic carbocycles. The molecule has 146 valence electrons. The normalized spacial score (nSPS) is 11.9. The topological polar surface area (TPSA) is 140 Å². The molecule has 0 aromatic heterocycles. The van der Waals surface area contributed by atoms with Crippen molar-refractivity contribution in [1.82, 2.24) is 0 Å². The van der Waals surface area contributed by atoms with Gasteiger partial charge in [-0.2, -0.15) is 8.42 Å². The Morgan fingerprint density at radius 1 is 0.852 bits per heavy atom. The van der Waals surface area contributed by atoms with Gasteiger partial charge in [-0.1, -0.05) is 26.2 Å². The summed E-state index contributed by atoms with van der Waals surface area (Å²) in [5, 5.41) is 37.3. The van der Waals surface area contributed by atoms with E-state index >= 15 is 0 Å². The summed E-state index contributed by atoms with van der Waals surface area (Å²) in [5.41, 5.74) is 0.478. The van der Waals surface area contributed by atoms with Crippen LogP contribution in [0.5, 0.6) is 17.2 Å². The minimum atomic E-state index is -4.46. The smallest absolute Gasteiger partial charge is 0.294 e. The van der Waals surface area contributed by atoms with Gasteiger partial charge in [0.2, 0.25) is 0 Å². The molecule has 0 saturated heterocycles. The highest BCUT2D eigenvalue weighted by atomic mass is 32.2. The maximum Gasteiger partial charge on any atom is 0.294 e. The summed E-state index contributed by atoms with van der Waals surface area (Å²) >= 11 is 0. The van der Waals surface area contributed by atoms with Crippen molar-refractivity contribution in [3.05, 3.63) is 35.9 Å². The lowest BCUT2D eigenvalue weighted by Gasteiger charge is -2.07. The number of aryl methyl sites for hydroxylation is 1. The molecule has 2 aromatic rings. The Bertz CT molecular complexity index is 941. The molecule has 0 atom stereocenters. The van der Waals surface area contributed by atoms with E-state index in [-0.39, 0.29) is 28.6 Å². The fraction of sp³-hybridized carbons (Fsp3) is 0.333. The lowest BCUT2D eigenvalue weighted by Crippen LogP contribution is -1.96. The van der Waals surface area contributed by atoms with Gasteiger partial charge in [0.1, 0.15) is 28.6 Å². The first-order valence-electron chi connectivity index (χ1n) is 8.49. The van der Waals surface area contributed by atoms with Gasteiger partial charge in [0.15, 0.2) is 0 Å². The van der Waals surface area contributed by atoms with Crippen molar-refractivity contribution < 1.29 is 28.3 Å². The molecule has 0 unspecified atom stereocenters. The molecule has 9 heteroatoms. The van der Waals surface area contributed by atoms with Crippen LogP contribution in [-0.4, -0.2) is 28.3 Å². The Morgan fingerprint density at radius 2 is 1.52 bits per heavy atom. The van der Waals surface area contributed by atoms with Gasteiger partial charge in [-0.05, 0) is 42.7 Å². The molecule has 0 aliphatic rings. The van der Waals surface area contributed by atoms with Crippen LogP contribution < -0.4 is 0 Å². The summed E-state index contributed by atoms with van der Waals surface area (Å²) < 4.78 is 31.4. The van der Waals surface area contributed by atoms with E-state index < -0.39 is 15.0 Å². The van der Waals surface area contributed by atoms with Gasteiger partial charge in [-0.3, -0.25) is 4.55 Å². The van der Waals surface area contributed by atoms with E-state index in [9.17, 15) is 23.7 Å². The second kappa shape index (κ2) is 8.83. The number of phenols is 3. The first-order chi connectivity index (χ1) is 12.7. The number of phenolic OH excluding ortho intramolecular Hbond substituents is 3. The lowest BCUT2D eigenvalue weighted by molar-refractivity contribution is 0.445. The van der Waals surface area contributed by atoms with Crippen LogP contribution in [0, 0.1) is 0 Å². The lowest BCUT2D eigenvalue weighted by atomic mass is 10.0. The van der Waals surface area contributed by atoms with Crippen molar-refractivity contribution >= 4 is 21.5 Å². The van der Waals surface area contributed by atoms with Gasteiger partial charge in [0, 0.05) is 6.07 Å². The van der Waals surface area contributed by atoms with E-state index in [0.29, 0.717) is 12.0 Å². The van der Waals surface area contributed by atoms with Gasteiger partial charge in [-0.15, -0.1) is 10.2 Å². The van der Waals surface area contributed by atoms with E-state index in [0.717, 1.165) is 49.9 Å². The van der Waals surface area contributed by atoms with Crippen molar-refractivity contribution in [1.29, 1.82) is 0 Å². The first kappa shape index (κ1) is 20.7. The zero-order chi connectivity index (χ0) is 20.0. The van der Waals surface area contributed by atoms with Crippen molar-refractivity contribution in [2.75, 3.05) is 0 Å². The standard InChI is InChI=1S/C18H22N2O6S/c1-2-3-4-5-6-12-9-14(18(23)11-17(12)22)19-20-15-10-13(27(24,25)26)7-8-16(15)21/h7-11,21-23H,2-6H2,1H3,(H,24,25,26). The number of aromatic hydroxyl groups is 3. The third-order valence-corrected chi connectivity index (χ3v) is 4.84. The Labute approximate surface area is 157 Å². The summed E-state index contributed by atoms with van der Waals surface area (Å²) in [6, 6.07) is 5.70. The average molecular weight is 394 g/mol. The Morgan fingerprint density at radius 3 is 2.15 bits per heavy atom. The molecule has 2 aromatic carbocycles. The molecular formula is C18H22N2O6S. The summed E-state index contributed by atoms with van der Waals surface area (Å²) in [6.45, 7) is 2.10. The highest BCUT2D eigenvalue weighted by molar-refractivity contribution is 7.85. The molecule has 0 amide bonds. The zero-order valence-electron chi connectivity index (χ0n) is 14.8. The molecule has 0 radical (unpaired) electrons. The zero-order valence-corrected chi connectivity index (χ0v) is 15.6. The Hall–Kier alpha value is -2.65. The molecule has 0 spiro atoms. The molecule has 0 aliphatic heterocycles. The van der Waals surface area contributed by atoms with E-state index in [1.54, 1.807) is 0 Å². The van der Waals surface area contributed by atoms with E-state index in [1.165, 1.54) is 6.07 Å². The van der Waals surface area contributed by atoms with Gasteiger partial charge in [-0.25, -0.2) is 0 Å². The predicted octanol–water partition coefficient (Wildman–Crippen LogP) is 4.59. The molecule has 27 heavy (non-hydrogen) atoms. The largest absolute Gasteiger partial charge is 0.508 e. The molecule has 0 fully saturated rings. The van der Waals surface area contributed by atoms with Crippen LogP contribution in [0.15, 0.2) is 45.5 Å². The van der Waals surface area contributed by atoms with Crippen LogP contribution >= 0.6 is 0 Å². The van der Waals surface area contributed by atoms with E-state index in [2.05, 4.69) is 17.2 Å². The fourth-order valence-electron chi connectivity index (χ4n) is 2.48. The highest BCUT2D eigenvalue weighted by Crippen LogP contribution is 2.37. The van der Waals surface area contributed by atoms with Crippen LogP contribution in [0.4, 0.5) is 11.4 Å². The predicted molar refractivity (Wildman–Crippen MR) is 99.7 cm³/mol. The van der Waals surface area contributed by atoms with Crippen LogP contribution in [0.3, 0.4) is 0 Å². The number of benzene rings is 2. The van der Waals surface area contributed by atoms with Gasteiger partial charge < -0.3 is 15.3 Å². The second-order valence-electron chi connectivity index (χ2n) is 6.11. The molecular weight excluding hydrogens is 372 g/mol. The minimum Gasteiger partial charge on any atom is -0.508 e. The average Bonchev–Trinajstić information content (AvgIpc) is 2.59. The van der Waals surface area contributed by atoms with Gasteiger partial charge in [0.05, 0.1) is 4.90 Å². The van der Waals surface area contributed by atoms with E-state index in [4.69, 9.17) is 4.55 Å². The Kier molecular flexibility index (Phi) is 6.75. The summed E-state index contributed by atoms with van der Waals surface area (Å²) in [7, 11) is -4.46. The van der Waals surface area contributed by atoms with Crippen LogP contribution in [-0.2, 0) is 16.5 Å². The molecule has 4 N–H and O–H groups in total. The number of nitrogens with zero attached hydrogens (tertiary/aromatic N) is 2. The highest BCUT2D eigenvalue weighted by Gasteiger charge is 2.13. The molecule has 8 nitrogen and oxygen atoms in total. The maximum atomic E-state index is 11.2. The van der Waals surface area contributed by atoms with Crippen LogP contribution in [0.1, 0.15) is 38.2 Å². The molecule has 0 saturated carbocycles.